The second-order valence-electron chi connectivity index (χ2n) is 6.37. The Morgan fingerprint density at radius 2 is 1.64 bits per heavy atom. The van der Waals surface area contributed by atoms with Crippen molar-refractivity contribution in [2.75, 3.05) is 46.2 Å². The zero-order chi connectivity index (χ0) is 18.2. The minimum Gasteiger partial charge on any atom is -0.484 e. The molecular weight excluding hydrogens is 314 g/mol. The van der Waals surface area contributed by atoms with E-state index in [1.807, 2.05) is 58.5 Å². The molecule has 0 aromatic heterocycles. The third-order valence-corrected chi connectivity index (χ3v) is 4.02. The molecule has 1 amide bonds. The number of hydrogen-bond acceptors (Lipinski definition) is 4. The molecule has 0 saturated heterocycles. The van der Waals surface area contributed by atoms with E-state index in [-0.39, 0.29) is 18.6 Å². The van der Waals surface area contributed by atoms with Gasteiger partial charge in [0, 0.05) is 26.3 Å². The van der Waals surface area contributed by atoms with Crippen molar-refractivity contribution in [1.82, 2.24) is 10.2 Å². The molecule has 0 radical (unpaired) electrons. The van der Waals surface area contributed by atoms with Crippen molar-refractivity contribution in [3.63, 3.8) is 0 Å². The van der Waals surface area contributed by atoms with E-state index in [4.69, 9.17) is 4.74 Å². The Morgan fingerprint density at radius 3 is 2.20 bits per heavy atom. The summed E-state index contributed by atoms with van der Waals surface area (Å²) in [4.78, 5) is 16.2. The molecule has 1 unspecified atom stereocenters. The fourth-order valence-corrected chi connectivity index (χ4v) is 2.52. The SMILES string of the molecule is CN(C)c1ccc(C(CNC(=O)COc2ccccc2)N(C)C)cc1. The van der Waals surface area contributed by atoms with Gasteiger partial charge in [0.25, 0.3) is 5.91 Å². The summed E-state index contributed by atoms with van der Waals surface area (Å²) in [6.07, 6.45) is 0. The molecule has 0 heterocycles. The van der Waals surface area contributed by atoms with E-state index in [1.54, 1.807) is 0 Å². The van der Waals surface area contributed by atoms with Crippen LogP contribution in [0.5, 0.6) is 5.75 Å². The summed E-state index contributed by atoms with van der Waals surface area (Å²) in [5.74, 6) is 0.571. The summed E-state index contributed by atoms with van der Waals surface area (Å²) in [5.41, 5.74) is 2.32. The molecule has 0 spiro atoms. The number of anilines is 1. The topological polar surface area (TPSA) is 44.8 Å². The molecule has 2 rings (SSSR count). The Morgan fingerprint density at radius 1 is 1.00 bits per heavy atom. The zero-order valence-corrected chi connectivity index (χ0v) is 15.4. The highest BCUT2D eigenvalue weighted by Gasteiger charge is 2.15. The number of benzene rings is 2. The fraction of sp³-hybridized carbons (Fsp3) is 0.350. The van der Waals surface area contributed by atoms with Gasteiger partial charge in [0.15, 0.2) is 6.61 Å². The monoisotopic (exact) mass is 341 g/mol. The van der Waals surface area contributed by atoms with E-state index in [0.29, 0.717) is 12.3 Å². The standard InChI is InChI=1S/C20H27N3O2/c1-22(2)17-12-10-16(11-13-17)19(23(3)4)14-21-20(24)15-25-18-8-6-5-7-9-18/h5-13,19H,14-15H2,1-4H3,(H,21,24). The average Bonchev–Trinajstić information content (AvgIpc) is 2.61. The number of para-hydroxylation sites is 1. The highest BCUT2D eigenvalue weighted by Crippen LogP contribution is 2.20. The number of amides is 1. The normalized spacial score (nSPS) is 11.9. The lowest BCUT2D eigenvalue weighted by atomic mass is 10.1. The number of rotatable bonds is 8. The molecule has 2 aromatic carbocycles. The second-order valence-corrected chi connectivity index (χ2v) is 6.37. The highest BCUT2D eigenvalue weighted by atomic mass is 16.5. The molecule has 0 aliphatic carbocycles. The first-order valence-electron chi connectivity index (χ1n) is 8.35. The van der Waals surface area contributed by atoms with Gasteiger partial charge < -0.3 is 19.9 Å². The Kier molecular flexibility index (Phi) is 6.83. The summed E-state index contributed by atoms with van der Waals surface area (Å²) in [6.45, 7) is 0.551. The van der Waals surface area contributed by atoms with Crippen LogP contribution in [-0.4, -0.2) is 52.1 Å². The van der Waals surface area contributed by atoms with E-state index >= 15 is 0 Å². The lowest BCUT2D eigenvalue weighted by molar-refractivity contribution is -0.123. The lowest BCUT2D eigenvalue weighted by Gasteiger charge is -2.25. The summed E-state index contributed by atoms with van der Waals surface area (Å²) in [6, 6.07) is 17.8. The number of carbonyl (C=O) groups excluding carboxylic acids is 1. The summed E-state index contributed by atoms with van der Waals surface area (Å²) in [7, 11) is 8.06. The molecule has 5 heteroatoms. The van der Waals surface area contributed by atoms with Gasteiger partial charge in [-0.3, -0.25) is 4.79 Å². The molecule has 0 saturated carbocycles. The quantitative estimate of drug-likeness (QED) is 0.801. The van der Waals surface area contributed by atoms with E-state index in [1.165, 1.54) is 5.56 Å². The first-order valence-corrected chi connectivity index (χ1v) is 8.35. The number of hydrogen-bond donors (Lipinski definition) is 1. The van der Waals surface area contributed by atoms with Crippen molar-refractivity contribution in [2.24, 2.45) is 0 Å². The van der Waals surface area contributed by atoms with Crippen molar-refractivity contribution >= 4 is 11.6 Å². The van der Waals surface area contributed by atoms with Crippen LogP contribution in [0.2, 0.25) is 0 Å². The summed E-state index contributed by atoms with van der Waals surface area (Å²) >= 11 is 0. The van der Waals surface area contributed by atoms with E-state index in [9.17, 15) is 4.79 Å². The van der Waals surface area contributed by atoms with Crippen LogP contribution < -0.4 is 15.0 Å². The Labute approximate surface area is 150 Å². The molecule has 5 nitrogen and oxygen atoms in total. The first-order chi connectivity index (χ1) is 12.0. The third kappa shape index (κ3) is 5.80. The largest absolute Gasteiger partial charge is 0.484 e. The van der Waals surface area contributed by atoms with Crippen LogP contribution in [0, 0.1) is 0 Å². The number of ether oxygens (including phenoxy) is 1. The van der Waals surface area contributed by atoms with Crippen LogP contribution in [-0.2, 0) is 4.79 Å². The predicted molar refractivity (Wildman–Crippen MR) is 102 cm³/mol. The van der Waals surface area contributed by atoms with Gasteiger partial charge in [-0.2, -0.15) is 0 Å². The molecule has 0 bridgehead atoms. The average molecular weight is 341 g/mol. The van der Waals surface area contributed by atoms with Gasteiger partial charge in [0.2, 0.25) is 0 Å². The Bertz CT molecular complexity index is 654. The molecule has 134 valence electrons. The number of nitrogens with one attached hydrogen (secondary N) is 1. The van der Waals surface area contributed by atoms with E-state index in [2.05, 4.69) is 39.4 Å². The van der Waals surface area contributed by atoms with Crippen molar-refractivity contribution in [1.29, 1.82) is 0 Å². The van der Waals surface area contributed by atoms with Crippen molar-refractivity contribution in [3.8, 4) is 5.75 Å². The fourth-order valence-electron chi connectivity index (χ4n) is 2.52. The maximum Gasteiger partial charge on any atom is 0.258 e. The molecular formula is C20H27N3O2. The van der Waals surface area contributed by atoms with E-state index < -0.39 is 0 Å². The van der Waals surface area contributed by atoms with Gasteiger partial charge in [0.1, 0.15) is 5.75 Å². The van der Waals surface area contributed by atoms with Gasteiger partial charge in [-0.25, -0.2) is 0 Å². The Hall–Kier alpha value is -2.53. The summed E-state index contributed by atoms with van der Waals surface area (Å²) < 4.78 is 5.48. The molecule has 25 heavy (non-hydrogen) atoms. The molecule has 1 N–H and O–H groups in total. The molecule has 1 atom stereocenters. The Balaban J connectivity index is 1.89. The molecule has 0 aliphatic heterocycles. The minimum atomic E-state index is -0.124. The summed E-state index contributed by atoms with van der Waals surface area (Å²) in [5, 5.41) is 2.95. The van der Waals surface area contributed by atoms with Gasteiger partial charge in [-0.15, -0.1) is 0 Å². The van der Waals surface area contributed by atoms with Crippen LogP contribution in [0.15, 0.2) is 54.6 Å². The number of likely N-dealkylation sites (N-methyl/N-ethyl adjacent to an activating group) is 1. The van der Waals surface area contributed by atoms with Gasteiger partial charge in [-0.1, -0.05) is 30.3 Å². The van der Waals surface area contributed by atoms with Gasteiger partial charge in [0.05, 0.1) is 6.04 Å². The predicted octanol–water partition coefficient (Wildman–Crippen LogP) is 2.55. The van der Waals surface area contributed by atoms with Crippen molar-refractivity contribution in [3.05, 3.63) is 60.2 Å². The van der Waals surface area contributed by atoms with Gasteiger partial charge >= 0.3 is 0 Å². The maximum absolute atomic E-state index is 12.1. The van der Waals surface area contributed by atoms with Crippen LogP contribution in [0.25, 0.3) is 0 Å². The first kappa shape index (κ1) is 18.8. The van der Waals surface area contributed by atoms with Crippen LogP contribution in [0.3, 0.4) is 0 Å². The molecule has 0 fully saturated rings. The number of nitrogens with zero attached hydrogens (tertiary/aromatic N) is 2. The zero-order valence-electron chi connectivity index (χ0n) is 15.4. The van der Waals surface area contributed by atoms with Crippen LogP contribution >= 0.6 is 0 Å². The second kappa shape index (κ2) is 9.08. The van der Waals surface area contributed by atoms with Crippen LogP contribution in [0.4, 0.5) is 5.69 Å². The maximum atomic E-state index is 12.1. The van der Waals surface area contributed by atoms with Gasteiger partial charge in [-0.05, 0) is 43.9 Å². The molecule has 0 aliphatic rings. The van der Waals surface area contributed by atoms with Crippen LogP contribution in [0.1, 0.15) is 11.6 Å². The molecule has 2 aromatic rings. The minimum absolute atomic E-state index is 0.0176. The highest BCUT2D eigenvalue weighted by molar-refractivity contribution is 5.77. The van der Waals surface area contributed by atoms with E-state index in [0.717, 1.165) is 5.69 Å². The van der Waals surface area contributed by atoms with Crippen molar-refractivity contribution < 1.29 is 9.53 Å². The van der Waals surface area contributed by atoms with Crippen molar-refractivity contribution in [2.45, 2.75) is 6.04 Å². The third-order valence-electron chi connectivity index (χ3n) is 4.02. The smallest absolute Gasteiger partial charge is 0.258 e. The lowest BCUT2D eigenvalue weighted by Crippen LogP contribution is -2.36. The number of carbonyl (C=O) groups is 1.